The number of benzene rings is 1. The van der Waals surface area contributed by atoms with Crippen molar-refractivity contribution in [3.05, 3.63) is 36.0 Å². The summed E-state index contributed by atoms with van der Waals surface area (Å²) in [6, 6.07) is 0.0887. The zero-order chi connectivity index (χ0) is 32.1. The van der Waals surface area contributed by atoms with Crippen LogP contribution in [-0.4, -0.2) is 111 Å². The molecule has 43 heavy (non-hydrogen) atoms. The number of H-pyrrole nitrogens is 1. The number of carbonyl (C=O) groups excluding carboxylic acids is 5. The second-order valence-corrected chi connectivity index (χ2v) is 10.6. The van der Waals surface area contributed by atoms with Gasteiger partial charge in [-0.3, -0.25) is 24.0 Å². The fraction of sp³-hybridized carbons (Fsp3) is 0.462. The van der Waals surface area contributed by atoms with Crippen molar-refractivity contribution < 1.29 is 44.1 Å². The van der Waals surface area contributed by atoms with Gasteiger partial charge in [-0.25, -0.2) is 4.79 Å². The number of para-hydroxylation sites is 1. The topological polar surface area (TPSA) is 279 Å². The SMILES string of the molecule is CSCC[C@H](NC(=O)[C@H](Cc1c[nH]c2ccccc12)NC(=O)[C@H](CO)NC(=O)[C@@H](N)CC(N)=O)C(=O)N[C@@H](CO)C(=O)O. The summed E-state index contributed by atoms with van der Waals surface area (Å²) in [4.78, 5) is 77.4. The standard InChI is InChI=1S/C26H37N7O9S/c1-43-7-6-17(23(38)33-20(12-35)26(41)42)30-24(39)18(8-13-10-29-16-5-3-2-4-14(13)16)31-25(40)19(11-34)32-22(37)15(27)9-21(28)36/h2-5,10,15,17-20,29,34-35H,6-9,11-12,27H2,1H3,(H2,28,36)(H,30,39)(H,31,40)(H,32,37)(H,33,38)(H,41,42)/t15-,17-,18-,19-,20-/m0/s1. The number of hydrogen-bond donors (Lipinski definition) is 10. The first-order valence-electron chi connectivity index (χ1n) is 13.2. The molecule has 0 bridgehead atoms. The van der Waals surface area contributed by atoms with E-state index in [0.29, 0.717) is 11.3 Å². The van der Waals surface area contributed by atoms with Crippen LogP contribution in [0.15, 0.2) is 30.5 Å². The minimum Gasteiger partial charge on any atom is -0.480 e. The monoisotopic (exact) mass is 623 g/mol. The Morgan fingerprint density at radius 2 is 1.42 bits per heavy atom. The van der Waals surface area contributed by atoms with E-state index in [1.165, 1.54) is 11.8 Å². The van der Waals surface area contributed by atoms with E-state index in [9.17, 15) is 44.1 Å². The Balaban J connectivity index is 2.32. The Labute approximate surface area is 250 Å². The number of aliphatic hydroxyl groups excluding tert-OH is 2. The van der Waals surface area contributed by atoms with E-state index in [2.05, 4.69) is 26.3 Å². The van der Waals surface area contributed by atoms with Gasteiger partial charge in [-0.1, -0.05) is 18.2 Å². The minimum atomic E-state index is -1.60. The van der Waals surface area contributed by atoms with Crippen LogP contribution in [0.3, 0.4) is 0 Å². The molecule has 1 heterocycles. The molecule has 0 aliphatic rings. The van der Waals surface area contributed by atoms with Crippen LogP contribution in [0.25, 0.3) is 10.9 Å². The Kier molecular flexibility index (Phi) is 13.9. The number of nitrogens with two attached hydrogens (primary N) is 2. The lowest BCUT2D eigenvalue weighted by Gasteiger charge is -2.26. The summed E-state index contributed by atoms with van der Waals surface area (Å²) in [5.41, 5.74) is 12.0. The zero-order valence-corrected chi connectivity index (χ0v) is 24.2. The van der Waals surface area contributed by atoms with E-state index in [-0.39, 0.29) is 12.8 Å². The quantitative estimate of drug-likeness (QED) is 0.0784. The number of aromatic amines is 1. The molecule has 2 rings (SSSR count). The van der Waals surface area contributed by atoms with E-state index in [1.807, 2.05) is 6.07 Å². The molecule has 0 aliphatic carbocycles. The van der Waals surface area contributed by atoms with Crippen molar-refractivity contribution in [2.24, 2.45) is 11.5 Å². The summed E-state index contributed by atoms with van der Waals surface area (Å²) in [5.74, 6) is -5.48. The van der Waals surface area contributed by atoms with Crippen molar-refractivity contribution in [3.63, 3.8) is 0 Å². The highest BCUT2D eigenvalue weighted by Gasteiger charge is 2.32. The van der Waals surface area contributed by atoms with E-state index >= 15 is 0 Å². The largest absolute Gasteiger partial charge is 0.480 e. The molecule has 2 aromatic rings. The third kappa shape index (κ3) is 10.5. The maximum absolute atomic E-state index is 13.6. The second-order valence-electron chi connectivity index (χ2n) is 9.57. The summed E-state index contributed by atoms with van der Waals surface area (Å²) in [5, 5.41) is 38.4. The van der Waals surface area contributed by atoms with Crippen molar-refractivity contribution >= 4 is 58.2 Å². The predicted molar refractivity (Wildman–Crippen MR) is 156 cm³/mol. The molecular weight excluding hydrogens is 586 g/mol. The number of thioether (sulfide) groups is 1. The molecule has 16 nitrogen and oxygen atoms in total. The molecule has 0 radical (unpaired) electrons. The number of carboxylic acids is 1. The van der Waals surface area contributed by atoms with Gasteiger partial charge in [0.1, 0.15) is 24.2 Å². The number of rotatable bonds is 18. The summed E-state index contributed by atoms with van der Waals surface area (Å²) in [7, 11) is 0. The van der Waals surface area contributed by atoms with Crippen molar-refractivity contribution in [2.75, 3.05) is 25.2 Å². The number of amides is 5. The maximum atomic E-state index is 13.6. The van der Waals surface area contributed by atoms with E-state index in [1.54, 1.807) is 30.7 Å². The smallest absolute Gasteiger partial charge is 0.328 e. The van der Waals surface area contributed by atoms with Crippen LogP contribution in [0.4, 0.5) is 0 Å². The molecule has 0 aliphatic heterocycles. The van der Waals surface area contributed by atoms with Crippen LogP contribution in [0, 0.1) is 0 Å². The molecule has 236 valence electrons. The third-order valence-electron chi connectivity index (χ3n) is 6.35. The molecule has 0 saturated carbocycles. The Morgan fingerprint density at radius 1 is 0.860 bits per heavy atom. The molecule has 0 fully saturated rings. The lowest BCUT2D eigenvalue weighted by molar-refractivity contribution is -0.143. The van der Waals surface area contributed by atoms with Crippen LogP contribution in [0.5, 0.6) is 0 Å². The highest BCUT2D eigenvalue weighted by Crippen LogP contribution is 2.19. The van der Waals surface area contributed by atoms with Gasteiger partial charge in [-0.05, 0) is 30.1 Å². The number of aliphatic hydroxyl groups is 2. The van der Waals surface area contributed by atoms with Crippen molar-refractivity contribution in [2.45, 2.75) is 49.5 Å². The average molecular weight is 624 g/mol. The van der Waals surface area contributed by atoms with Crippen molar-refractivity contribution in [1.82, 2.24) is 26.3 Å². The Bertz CT molecular complexity index is 1300. The minimum absolute atomic E-state index is 0.0832. The van der Waals surface area contributed by atoms with Crippen molar-refractivity contribution in [1.29, 1.82) is 0 Å². The fourth-order valence-corrected chi connectivity index (χ4v) is 4.49. The van der Waals surface area contributed by atoms with Gasteiger partial charge in [0.15, 0.2) is 0 Å². The number of aliphatic carboxylic acids is 1. The molecule has 5 amide bonds. The van der Waals surface area contributed by atoms with Crippen LogP contribution >= 0.6 is 11.8 Å². The molecule has 17 heteroatoms. The number of carbonyl (C=O) groups is 6. The van der Waals surface area contributed by atoms with Gasteiger partial charge < -0.3 is 53.0 Å². The Hall–Kier alpha value is -4.19. The normalized spacial score (nSPS) is 14.5. The number of primary amides is 1. The molecule has 12 N–H and O–H groups in total. The van der Waals surface area contributed by atoms with Crippen LogP contribution < -0.4 is 32.7 Å². The molecule has 5 atom stereocenters. The average Bonchev–Trinajstić information content (AvgIpc) is 3.37. The van der Waals surface area contributed by atoms with Crippen molar-refractivity contribution in [3.8, 4) is 0 Å². The zero-order valence-electron chi connectivity index (χ0n) is 23.4. The number of carboxylic acid groups (broad SMARTS) is 1. The number of nitrogens with one attached hydrogen (secondary N) is 5. The van der Waals surface area contributed by atoms with Gasteiger partial charge in [0, 0.05) is 23.5 Å². The van der Waals surface area contributed by atoms with E-state index in [4.69, 9.17) is 11.5 Å². The van der Waals surface area contributed by atoms with Gasteiger partial charge in [-0.15, -0.1) is 0 Å². The Morgan fingerprint density at radius 3 is 2.02 bits per heavy atom. The van der Waals surface area contributed by atoms with E-state index in [0.717, 1.165) is 10.9 Å². The van der Waals surface area contributed by atoms with Gasteiger partial charge in [0.25, 0.3) is 0 Å². The first kappa shape index (κ1) is 35.0. The van der Waals surface area contributed by atoms with Gasteiger partial charge in [-0.2, -0.15) is 11.8 Å². The number of fused-ring (bicyclic) bond motifs is 1. The highest BCUT2D eigenvalue weighted by atomic mass is 32.2. The lowest BCUT2D eigenvalue weighted by atomic mass is 10.0. The molecule has 1 aromatic carbocycles. The van der Waals surface area contributed by atoms with Crippen LogP contribution in [-0.2, 0) is 35.2 Å². The van der Waals surface area contributed by atoms with Crippen LogP contribution in [0.1, 0.15) is 18.4 Å². The lowest BCUT2D eigenvalue weighted by Crippen LogP contribution is -2.60. The summed E-state index contributed by atoms with van der Waals surface area (Å²) >= 11 is 1.37. The first-order chi connectivity index (χ1) is 20.4. The highest BCUT2D eigenvalue weighted by molar-refractivity contribution is 7.98. The first-order valence-corrected chi connectivity index (χ1v) is 14.5. The molecule has 1 aromatic heterocycles. The number of hydrogen-bond acceptors (Lipinski definition) is 10. The van der Waals surface area contributed by atoms with Gasteiger partial charge >= 0.3 is 5.97 Å². The predicted octanol–water partition coefficient (Wildman–Crippen LogP) is -3.33. The molecular formula is C26H37N7O9S. The molecule has 0 unspecified atom stereocenters. The summed E-state index contributed by atoms with van der Waals surface area (Å²) < 4.78 is 0. The third-order valence-corrected chi connectivity index (χ3v) is 6.99. The second kappa shape index (κ2) is 17.1. The van der Waals surface area contributed by atoms with Crippen LogP contribution in [0.2, 0.25) is 0 Å². The fourth-order valence-electron chi connectivity index (χ4n) is 4.02. The van der Waals surface area contributed by atoms with E-state index < -0.39 is 85.3 Å². The molecule has 0 saturated heterocycles. The number of aromatic nitrogens is 1. The summed E-state index contributed by atoms with van der Waals surface area (Å²) in [6.45, 7) is -1.75. The summed E-state index contributed by atoms with van der Waals surface area (Å²) in [6.07, 6.45) is 2.91. The van der Waals surface area contributed by atoms with Gasteiger partial charge in [0.05, 0.1) is 25.7 Å². The molecule has 0 spiro atoms. The maximum Gasteiger partial charge on any atom is 0.328 e. The van der Waals surface area contributed by atoms with Gasteiger partial charge in [0.2, 0.25) is 29.5 Å².